The fraction of sp³-hybridized carbons (Fsp3) is 0.571. The van der Waals surface area contributed by atoms with E-state index in [0.29, 0.717) is 6.04 Å². The summed E-state index contributed by atoms with van der Waals surface area (Å²) in [5.41, 5.74) is 13.4. The van der Waals surface area contributed by atoms with Gasteiger partial charge >= 0.3 is 0 Å². The highest BCUT2D eigenvalue weighted by atomic mass is 15.2. The van der Waals surface area contributed by atoms with Crippen molar-refractivity contribution in [2.24, 2.45) is 11.5 Å². The van der Waals surface area contributed by atoms with Gasteiger partial charge in [-0.25, -0.2) is 0 Å². The highest BCUT2D eigenvalue weighted by molar-refractivity contribution is 5.15. The third kappa shape index (κ3) is 3.53. The largest absolute Gasteiger partial charge is 0.326 e. The number of benzene rings is 1. The first-order chi connectivity index (χ1) is 8.15. The van der Waals surface area contributed by atoms with Crippen LogP contribution in [0.15, 0.2) is 30.3 Å². The third-order valence-electron chi connectivity index (χ3n) is 3.54. The van der Waals surface area contributed by atoms with Gasteiger partial charge in [0.25, 0.3) is 0 Å². The minimum atomic E-state index is 0.233. The van der Waals surface area contributed by atoms with Crippen LogP contribution in [0.5, 0.6) is 0 Å². The van der Waals surface area contributed by atoms with Gasteiger partial charge in [-0.15, -0.1) is 0 Å². The third-order valence-corrected chi connectivity index (χ3v) is 3.54. The summed E-state index contributed by atoms with van der Waals surface area (Å²) < 4.78 is 0. The van der Waals surface area contributed by atoms with Gasteiger partial charge in [-0.05, 0) is 25.3 Å². The molecule has 3 heteroatoms. The Hall–Kier alpha value is -0.900. The molecule has 94 valence electrons. The molecule has 3 unspecified atom stereocenters. The van der Waals surface area contributed by atoms with E-state index >= 15 is 0 Å². The fourth-order valence-electron chi connectivity index (χ4n) is 2.66. The number of piperidine rings is 1. The highest BCUT2D eigenvalue weighted by Gasteiger charge is 2.25. The van der Waals surface area contributed by atoms with E-state index in [-0.39, 0.29) is 12.1 Å². The number of rotatable bonds is 3. The Balaban J connectivity index is 1.93. The lowest BCUT2D eigenvalue weighted by Gasteiger charge is -2.38. The molecule has 1 aromatic rings. The van der Waals surface area contributed by atoms with E-state index < -0.39 is 0 Å². The Labute approximate surface area is 104 Å². The van der Waals surface area contributed by atoms with Crippen LogP contribution in [0.2, 0.25) is 0 Å². The summed E-state index contributed by atoms with van der Waals surface area (Å²) in [7, 11) is 0. The van der Waals surface area contributed by atoms with Gasteiger partial charge in [0.2, 0.25) is 0 Å². The van der Waals surface area contributed by atoms with Crippen molar-refractivity contribution >= 4 is 0 Å². The zero-order chi connectivity index (χ0) is 12.3. The zero-order valence-electron chi connectivity index (χ0n) is 10.5. The standard InChI is InChI=1S/C14H23N3/c1-11(7-12-5-3-2-4-6-12)17-9-13(15)8-14(16)10-17/h2-6,11,13-14H,7-10,15-16H2,1H3. The summed E-state index contributed by atoms with van der Waals surface area (Å²) in [5, 5.41) is 0. The molecule has 17 heavy (non-hydrogen) atoms. The van der Waals surface area contributed by atoms with Gasteiger partial charge < -0.3 is 11.5 Å². The second-order valence-electron chi connectivity index (χ2n) is 5.25. The first-order valence-corrected chi connectivity index (χ1v) is 6.44. The van der Waals surface area contributed by atoms with Crippen LogP contribution in [0.1, 0.15) is 18.9 Å². The zero-order valence-corrected chi connectivity index (χ0v) is 10.5. The van der Waals surface area contributed by atoms with E-state index in [9.17, 15) is 0 Å². The maximum atomic E-state index is 6.03. The molecule has 0 saturated carbocycles. The molecule has 1 saturated heterocycles. The van der Waals surface area contributed by atoms with Gasteiger partial charge in [-0.3, -0.25) is 4.90 Å². The average molecular weight is 233 g/mol. The van der Waals surface area contributed by atoms with Crippen LogP contribution < -0.4 is 11.5 Å². The minimum absolute atomic E-state index is 0.233. The van der Waals surface area contributed by atoms with Gasteiger partial charge in [0, 0.05) is 31.2 Å². The Morgan fingerprint density at radius 1 is 1.18 bits per heavy atom. The lowest BCUT2D eigenvalue weighted by Crippen LogP contribution is -2.55. The number of hydrogen-bond acceptors (Lipinski definition) is 3. The van der Waals surface area contributed by atoms with E-state index in [0.717, 1.165) is 25.9 Å². The molecule has 1 aliphatic rings. The summed E-state index contributed by atoms with van der Waals surface area (Å²) >= 11 is 0. The molecule has 0 bridgehead atoms. The van der Waals surface area contributed by atoms with Gasteiger partial charge in [0.05, 0.1) is 0 Å². The van der Waals surface area contributed by atoms with Crippen molar-refractivity contribution in [1.82, 2.24) is 4.90 Å². The molecule has 0 aliphatic carbocycles. The van der Waals surface area contributed by atoms with Crippen molar-refractivity contribution < 1.29 is 0 Å². The van der Waals surface area contributed by atoms with Crippen molar-refractivity contribution in [2.75, 3.05) is 13.1 Å². The summed E-state index contributed by atoms with van der Waals surface area (Å²) in [5.74, 6) is 0. The van der Waals surface area contributed by atoms with Gasteiger partial charge in [-0.2, -0.15) is 0 Å². The predicted octanol–water partition coefficient (Wildman–Crippen LogP) is 0.978. The molecule has 1 fully saturated rings. The molecule has 1 aromatic carbocycles. The maximum absolute atomic E-state index is 6.03. The summed E-state index contributed by atoms with van der Waals surface area (Å²) in [6.07, 6.45) is 2.02. The molecule has 0 amide bonds. The van der Waals surface area contributed by atoms with Crippen LogP contribution in [0.4, 0.5) is 0 Å². The first kappa shape index (κ1) is 12.6. The van der Waals surface area contributed by atoms with Crippen molar-refractivity contribution in [3.8, 4) is 0 Å². The van der Waals surface area contributed by atoms with E-state index in [2.05, 4.69) is 42.2 Å². The van der Waals surface area contributed by atoms with Crippen molar-refractivity contribution in [1.29, 1.82) is 0 Å². The van der Waals surface area contributed by atoms with Gasteiger partial charge in [0.1, 0.15) is 0 Å². The maximum Gasteiger partial charge on any atom is 0.0183 e. The summed E-state index contributed by atoms with van der Waals surface area (Å²) in [6.45, 7) is 4.21. The van der Waals surface area contributed by atoms with Crippen molar-refractivity contribution in [2.45, 2.75) is 37.9 Å². The molecule has 0 radical (unpaired) electrons. The molecule has 1 heterocycles. The van der Waals surface area contributed by atoms with Crippen LogP contribution in [0.3, 0.4) is 0 Å². The summed E-state index contributed by atoms with van der Waals surface area (Å²) in [6, 6.07) is 11.6. The number of hydrogen-bond donors (Lipinski definition) is 2. The molecule has 3 atom stereocenters. The minimum Gasteiger partial charge on any atom is -0.326 e. The summed E-state index contributed by atoms with van der Waals surface area (Å²) in [4.78, 5) is 2.42. The molecule has 0 aromatic heterocycles. The molecule has 2 rings (SSSR count). The monoisotopic (exact) mass is 233 g/mol. The van der Waals surface area contributed by atoms with E-state index in [1.165, 1.54) is 5.56 Å². The second-order valence-corrected chi connectivity index (χ2v) is 5.25. The topological polar surface area (TPSA) is 55.3 Å². The van der Waals surface area contributed by atoms with Crippen molar-refractivity contribution in [3.05, 3.63) is 35.9 Å². The Kier molecular flexibility index (Phi) is 4.15. The molecule has 4 N–H and O–H groups in total. The van der Waals surface area contributed by atoms with Crippen LogP contribution >= 0.6 is 0 Å². The normalized spacial score (nSPS) is 27.9. The van der Waals surface area contributed by atoms with E-state index in [1.807, 2.05) is 0 Å². The molecule has 3 nitrogen and oxygen atoms in total. The molecular weight excluding hydrogens is 210 g/mol. The van der Waals surface area contributed by atoms with Gasteiger partial charge in [-0.1, -0.05) is 30.3 Å². The number of nitrogens with two attached hydrogens (primary N) is 2. The second kappa shape index (κ2) is 5.63. The van der Waals surface area contributed by atoms with Crippen LogP contribution in [-0.2, 0) is 6.42 Å². The van der Waals surface area contributed by atoms with Crippen molar-refractivity contribution in [3.63, 3.8) is 0 Å². The lowest BCUT2D eigenvalue weighted by atomic mass is 9.98. The van der Waals surface area contributed by atoms with E-state index in [4.69, 9.17) is 11.5 Å². The predicted molar refractivity (Wildman–Crippen MR) is 71.7 cm³/mol. The van der Waals surface area contributed by atoms with E-state index in [1.54, 1.807) is 0 Å². The average Bonchev–Trinajstić information content (AvgIpc) is 2.29. The highest BCUT2D eigenvalue weighted by Crippen LogP contribution is 2.14. The Bertz CT molecular complexity index is 329. The lowest BCUT2D eigenvalue weighted by molar-refractivity contribution is 0.143. The van der Waals surface area contributed by atoms with Crippen LogP contribution in [0.25, 0.3) is 0 Å². The number of nitrogens with zero attached hydrogens (tertiary/aromatic N) is 1. The number of likely N-dealkylation sites (tertiary alicyclic amines) is 1. The quantitative estimate of drug-likeness (QED) is 0.818. The first-order valence-electron chi connectivity index (χ1n) is 6.44. The fourth-order valence-corrected chi connectivity index (χ4v) is 2.66. The van der Waals surface area contributed by atoms with Crippen LogP contribution in [0, 0.1) is 0 Å². The Morgan fingerprint density at radius 3 is 2.35 bits per heavy atom. The van der Waals surface area contributed by atoms with Crippen LogP contribution in [-0.4, -0.2) is 36.1 Å². The van der Waals surface area contributed by atoms with Gasteiger partial charge in [0.15, 0.2) is 0 Å². The smallest absolute Gasteiger partial charge is 0.0183 e. The molecule has 1 aliphatic heterocycles. The SMILES string of the molecule is CC(Cc1ccccc1)N1CC(N)CC(N)C1. The Morgan fingerprint density at radius 2 is 1.76 bits per heavy atom. The molecular formula is C14H23N3. The molecule has 0 spiro atoms.